The summed E-state index contributed by atoms with van der Waals surface area (Å²) < 4.78 is 10.9. The Morgan fingerprint density at radius 2 is 1.73 bits per heavy atom. The second-order valence-corrected chi connectivity index (χ2v) is 5.65. The summed E-state index contributed by atoms with van der Waals surface area (Å²) in [4.78, 5) is 23.8. The average Bonchev–Trinajstić information content (AvgIpc) is 2.64. The lowest BCUT2D eigenvalue weighted by Gasteiger charge is -2.09. The summed E-state index contributed by atoms with van der Waals surface area (Å²) in [5.41, 5.74) is 1.59. The van der Waals surface area contributed by atoms with Crippen LogP contribution in [0.4, 0.5) is 0 Å². The molecule has 0 aliphatic carbocycles. The number of carbonyl (C=O) groups is 2. The largest absolute Gasteiger partial charge is 0.494 e. The van der Waals surface area contributed by atoms with E-state index in [1.807, 2.05) is 38.1 Å². The minimum Gasteiger partial charge on any atom is -0.494 e. The summed E-state index contributed by atoms with van der Waals surface area (Å²) >= 11 is 0. The van der Waals surface area contributed by atoms with Crippen molar-refractivity contribution in [2.75, 3.05) is 26.3 Å². The van der Waals surface area contributed by atoms with Crippen molar-refractivity contribution in [3.8, 4) is 11.5 Å². The monoisotopic (exact) mass is 356 g/mol. The van der Waals surface area contributed by atoms with Crippen LogP contribution in [0.2, 0.25) is 0 Å². The van der Waals surface area contributed by atoms with Gasteiger partial charge in [-0.3, -0.25) is 9.59 Å². The number of benzene rings is 2. The van der Waals surface area contributed by atoms with E-state index in [9.17, 15) is 9.59 Å². The standard InChI is InChI=1S/C20H24N2O4/c1-3-25-17-9-7-16(8-10-17)20(24)22-14-19(23)21-11-12-26-18-6-4-5-15(2)13-18/h4-10,13H,3,11-12,14H2,1-2H3,(H,21,23)(H,22,24). The van der Waals surface area contributed by atoms with Gasteiger partial charge in [0, 0.05) is 5.56 Å². The molecular weight excluding hydrogens is 332 g/mol. The molecule has 2 aromatic rings. The van der Waals surface area contributed by atoms with Gasteiger partial charge in [0.25, 0.3) is 5.91 Å². The molecule has 0 spiro atoms. The second-order valence-electron chi connectivity index (χ2n) is 5.65. The van der Waals surface area contributed by atoms with Crippen LogP contribution in [0.3, 0.4) is 0 Å². The van der Waals surface area contributed by atoms with Gasteiger partial charge in [-0.2, -0.15) is 0 Å². The van der Waals surface area contributed by atoms with E-state index in [0.717, 1.165) is 11.3 Å². The van der Waals surface area contributed by atoms with E-state index in [0.29, 0.717) is 31.1 Å². The third-order valence-corrected chi connectivity index (χ3v) is 3.52. The summed E-state index contributed by atoms with van der Waals surface area (Å²) in [6, 6.07) is 14.5. The van der Waals surface area contributed by atoms with Crippen molar-refractivity contribution < 1.29 is 19.1 Å². The number of hydrogen-bond donors (Lipinski definition) is 2. The Labute approximate surface area is 153 Å². The highest BCUT2D eigenvalue weighted by Crippen LogP contribution is 2.12. The molecule has 2 N–H and O–H groups in total. The van der Waals surface area contributed by atoms with Gasteiger partial charge in [-0.05, 0) is 55.8 Å². The van der Waals surface area contributed by atoms with Crippen molar-refractivity contribution in [2.45, 2.75) is 13.8 Å². The topological polar surface area (TPSA) is 76.7 Å². The molecule has 2 rings (SSSR count). The third kappa shape index (κ3) is 6.47. The number of aryl methyl sites for hydroxylation is 1. The molecular formula is C20H24N2O4. The Balaban J connectivity index is 1.65. The molecule has 0 unspecified atom stereocenters. The minimum atomic E-state index is -0.306. The molecule has 26 heavy (non-hydrogen) atoms. The molecule has 6 nitrogen and oxygen atoms in total. The highest BCUT2D eigenvalue weighted by Gasteiger charge is 2.08. The fourth-order valence-corrected chi connectivity index (χ4v) is 2.26. The first-order valence-electron chi connectivity index (χ1n) is 8.55. The van der Waals surface area contributed by atoms with Crippen LogP contribution in [-0.2, 0) is 4.79 Å². The van der Waals surface area contributed by atoms with Crippen LogP contribution in [0, 0.1) is 6.92 Å². The lowest BCUT2D eigenvalue weighted by atomic mass is 10.2. The number of nitrogens with one attached hydrogen (secondary N) is 2. The SMILES string of the molecule is CCOc1ccc(C(=O)NCC(=O)NCCOc2cccc(C)c2)cc1. The summed E-state index contributed by atoms with van der Waals surface area (Å²) in [6.45, 7) is 5.09. The van der Waals surface area contributed by atoms with Crippen molar-refractivity contribution in [1.82, 2.24) is 10.6 Å². The highest BCUT2D eigenvalue weighted by molar-refractivity contribution is 5.96. The predicted octanol–water partition coefficient (Wildman–Crippen LogP) is 2.32. The van der Waals surface area contributed by atoms with Gasteiger partial charge in [-0.1, -0.05) is 12.1 Å². The molecule has 0 saturated heterocycles. The minimum absolute atomic E-state index is 0.0868. The maximum atomic E-state index is 12.0. The predicted molar refractivity (Wildman–Crippen MR) is 99.6 cm³/mol. The Morgan fingerprint density at radius 1 is 0.962 bits per heavy atom. The summed E-state index contributed by atoms with van der Waals surface area (Å²) in [7, 11) is 0. The molecule has 0 fully saturated rings. The van der Waals surface area contributed by atoms with Crippen LogP contribution < -0.4 is 20.1 Å². The zero-order valence-electron chi connectivity index (χ0n) is 15.1. The Hall–Kier alpha value is -3.02. The fourth-order valence-electron chi connectivity index (χ4n) is 2.26. The maximum Gasteiger partial charge on any atom is 0.251 e. The highest BCUT2D eigenvalue weighted by atomic mass is 16.5. The lowest BCUT2D eigenvalue weighted by molar-refractivity contribution is -0.120. The zero-order valence-corrected chi connectivity index (χ0v) is 15.1. The van der Waals surface area contributed by atoms with Gasteiger partial charge >= 0.3 is 0 Å². The van der Waals surface area contributed by atoms with Gasteiger partial charge in [0.1, 0.15) is 18.1 Å². The van der Waals surface area contributed by atoms with Gasteiger partial charge < -0.3 is 20.1 Å². The van der Waals surface area contributed by atoms with Crippen molar-refractivity contribution in [2.24, 2.45) is 0 Å². The number of hydrogen-bond acceptors (Lipinski definition) is 4. The van der Waals surface area contributed by atoms with Crippen LogP contribution in [0.15, 0.2) is 48.5 Å². The van der Waals surface area contributed by atoms with Crippen LogP contribution in [0.1, 0.15) is 22.8 Å². The van der Waals surface area contributed by atoms with Gasteiger partial charge in [-0.15, -0.1) is 0 Å². The number of amides is 2. The molecule has 0 aliphatic rings. The second kappa shape index (κ2) is 10.1. The smallest absolute Gasteiger partial charge is 0.251 e. The van der Waals surface area contributed by atoms with Crippen LogP contribution in [0.25, 0.3) is 0 Å². The van der Waals surface area contributed by atoms with Gasteiger partial charge in [0.15, 0.2) is 0 Å². The van der Waals surface area contributed by atoms with Crippen LogP contribution >= 0.6 is 0 Å². The molecule has 0 atom stereocenters. The van der Waals surface area contributed by atoms with Crippen LogP contribution in [0.5, 0.6) is 11.5 Å². The first kappa shape index (κ1) is 19.3. The van der Waals surface area contributed by atoms with E-state index in [-0.39, 0.29) is 18.4 Å². The Morgan fingerprint density at radius 3 is 2.42 bits per heavy atom. The summed E-state index contributed by atoms with van der Waals surface area (Å²) in [5.74, 6) is 0.898. The van der Waals surface area contributed by atoms with Gasteiger partial charge in [0.05, 0.1) is 19.7 Å². The summed E-state index contributed by atoms with van der Waals surface area (Å²) in [5, 5.41) is 5.29. The lowest BCUT2D eigenvalue weighted by Crippen LogP contribution is -2.38. The average molecular weight is 356 g/mol. The fraction of sp³-hybridized carbons (Fsp3) is 0.300. The van der Waals surface area contributed by atoms with E-state index in [1.165, 1.54) is 0 Å². The number of ether oxygens (including phenoxy) is 2. The molecule has 0 aliphatic heterocycles. The van der Waals surface area contributed by atoms with Gasteiger partial charge in [0.2, 0.25) is 5.91 Å². The van der Waals surface area contributed by atoms with Crippen molar-refractivity contribution in [3.63, 3.8) is 0 Å². The molecule has 6 heteroatoms. The quantitative estimate of drug-likeness (QED) is 0.676. The van der Waals surface area contributed by atoms with Crippen molar-refractivity contribution >= 4 is 11.8 Å². The van der Waals surface area contributed by atoms with E-state index in [4.69, 9.17) is 9.47 Å². The first-order valence-corrected chi connectivity index (χ1v) is 8.55. The molecule has 0 aromatic heterocycles. The van der Waals surface area contributed by atoms with E-state index >= 15 is 0 Å². The molecule has 2 aromatic carbocycles. The maximum absolute atomic E-state index is 12.0. The molecule has 0 heterocycles. The number of carbonyl (C=O) groups excluding carboxylic acids is 2. The van der Waals surface area contributed by atoms with Crippen molar-refractivity contribution in [1.29, 1.82) is 0 Å². The van der Waals surface area contributed by atoms with Gasteiger partial charge in [-0.25, -0.2) is 0 Å². The van der Waals surface area contributed by atoms with E-state index in [2.05, 4.69) is 10.6 Å². The summed E-state index contributed by atoms with van der Waals surface area (Å²) in [6.07, 6.45) is 0. The Kier molecular flexibility index (Phi) is 7.49. The van der Waals surface area contributed by atoms with E-state index < -0.39 is 0 Å². The molecule has 2 amide bonds. The van der Waals surface area contributed by atoms with E-state index in [1.54, 1.807) is 24.3 Å². The molecule has 0 bridgehead atoms. The normalized spacial score (nSPS) is 10.1. The zero-order chi connectivity index (χ0) is 18.8. The third-order valence-electron chi connectivity index (χ3n) is 3.52. The molecule has 0 radical (unpaired) electrons. The molecule has 0 saturated carbocycles. The van der Waals surface area contributed by atoms with Crippen molar-refractivity contribution in [3.05, 3.63) is 59.7 Å². The number of rotatable bonds is 9. The Bertz CT molecular complexity index is 729. The van der Waals surface area contributed by atoms with Crippen LogP contribution in [-0.4, -0.2) is 38.1 Å². The first-order chi connectivity index (χ1) is 12.6. The molecule has 138 valence electrons.